The first-order valence-corrected chi connectivity index (χ1v) is 8.19. The molecule has 0 N–H and O–H groups in total. The van der Waals surface area contributed by atoms with Gasteiger partial charge < -0.3 is 9.47 Å². The highest BCUT2D eigenvalue weighted by molar-refractivity contribution is 5.92. The number of esters is 2. The zero-order valence-corrected chi connectivity index (χ0v) is 14.6. The Labute approximate surface area is 152 Å². The third-order valence-corrected chi connectivity index (χ3v) is 3.80. The predicted octanol–water partition coefficient (Wildman–Crippen LogP) is 4.74. The first-order chi connectivity index (χ1) is 12.5. The van der Waals surface area contributed by atoms with Gasteiger partial charge in [-0.25, -0.2) is 9.59 Å². The van der Waals surface area contributed by atoms with E-state index in [9.17, 15) is 9.59 Å². The second-order valence-electron chi connectivity index (χ2n) is 5.99. The molecular weight excluding hydrogens is 328 g/mol. The second-order valence-corrected chi connectivity index (χ2v) is 5.99. The molecule has 0 aliphatic heterocycles. The molecule has 0 fully saturated rings. The van der Waals surface area contributed by atoms with Gasteiger partial charge in [-0.15, -0.1) is 0 Å². The van der Waals surface area contributed by atoms with Crippen molar-refractivity contribution in [2.24, 2.45) is 0 Å². The van der Waals surface area contributed by atoms with Gasteiger partial charge in [0.25, 0.3) is 0 Å². The minimum Gasteiger partial charge on any atom is -0.423 e. The van der Waals surface area contributed by atoms with Crippen molar-refractivity contribution in [3.63, 3.8) is 0 Å². The summed E-state index contributed by atoms with van der Waals surface area (Å²) in [5.41, 5.74) is 3.04. The van der Waals surface area contributed by atoms with Gasteiger partial charge in [-0.3, -0.25) is 0 Å². The fourth-order valence-corrected chi connectivity index (χ4v) is 2.31. The summed E-state index contributed by atoms with van der Waals surface area (Å²) in [6.07, 6.45) is 0. The van der Waals surface area contributed by atoms with Crippen LogP contribution in [-0.2, 0) is 0 Å². The molecule has 130 valence electrons. The van der Waals surface area contributed by atoms with Crippen LogP contribution in [0.3, 0.4) is 0 Å². The van der Waals surface area contributed by atoms with Crippen molar-refractivity contribution < 1.29 is 19.1 Å². The number of hydrogen-bond acceptors (Lipinski definition) is 4. The summed E-state index contributed by atoms with van der Waals surface area (Å²) in [5, 5.41) is 0. The fourth-order valence-electron chi connectivity index (χ4n) is 2.31. The minimum atomic E-state index is -0.466. The van der Waals surface area contributed by atoms with E-state index in [-0.39, 0.29) is 0 Å². The van der Waals surface area contributed by atoms with Crippen molar-refractivity contribution in [1.29, 1.82) is 0 Å². The van der Waals surface area contributed by atoms with Gasteiger partial charge in [0.1, 0.15) is 11.5 Å². The summed E-state index contributed by atoms with van der Waals surface area (Å²) in [7, 11) is 0. The maximum absolute atomic E-state index is 12.2. The van der Waals surface area contributed by atoms with Crippen LogP contribution in [0.4, 0.5) is 0 Å². The minimum absolute atomic E-state index is 0.310. The normalized spacial score (nSPS) is 10.2. The molecule has 0 amide bonds. The Balaban J connectivity index is 1.69. The molecule has 0 unspecified atom stereocenters. The Kier molecular flexibility index (Phi) is 5.13. The maximum atomic E-state index is 12.2. The SMILES string of the molecule is Cc1ccc(C(=O)Oc2cccc(OC(=O)c3ccc(C)cc3)c2)cc1. The van der Waals surface area contributed by atoms with Gasteiger partial charge in [-0.2, -0.15) is 0 Å². The van der Waals surface area contributed by atoms with Crippen LogP contribution in [0.25, 0.3) is 0 Å². The molecule has 26 heavy (non-hydrogen) atoms. The van der Waals surface area contributed by atoms with E-state index in [1.54, 1.807) is 42.5 Å². The van der Waals surface area contributed by atoms with Crippen molar-refractivity contribution in [2.45, 2.75) is 13.8 Å². The lowest BCUT2D eigenvalue weighted by molar-refractivity contribution is 0.0733. The summed E-state index contributed by atoms with van der Waals surface area (Å²) < 4.78 is 10.7. The lowest BCUT2D eigenvalue weighted by Crippen LogP contribution is -2.10. The number of carbonyl (C=O) groups excluding carboxylic acids is 2. The lowest BCUT2D eigenvalue weighted by Gasteiger charge is -2.08. The zero-order chi connectivity index (χ0) is 18.5. The van der Waals surface area contributed by atoms with E-state index in [1.807, 2.05) is 38.1 Å². The third-order valence-electron chi connectivity index (χ3n) is 3.80. The highest BCUT2D eigenvalue weighted by Crippen LogP contribution is 2.21. The van der Waals surface area contributed by atoms with Crippen LogP contribution in [0.5, 0.6) is 11.5 Å². The van der Waals surface area contributed by atoms with E-state index in [0.29, 0.717) is 22.6 Å². The van der Waals surface area contributed by atoms with Crippen molar-refractivity contribution >= 4 is 11.9 Å². The molecule has 4 heteroatoms. The van der Waals surface area contributed by atoms with Gasteiger partial charge in [0, 0.05) is 6.07 Å². The maximum Gasteiger partial charge on any atom is 0.343 e. The molecule has 3 aromatic rings. The van der Waals surface area contributed by atoms with Gasteiger partial charge in [0.05, 0.1) is 11.1 Å². The summed E-state index contributed by atoms with van der Waals surface area (Å²) in [6, 6.07) is 20.6. The van der Waals surface area contributed by atoms with Crippen LogP contribution < -0.4 is 9.47 Å². The van der Waals surface area contributed by atoms with Gasteiger partial charge in [-0.1, -0.05) is 41.5 Å². The topological polar surface area (TPSA) is 52.6 Å². The van der Waals surface area contributed by atoms with Crippen molar-refractivity contribution in [2.75, 3.05) is 0 Å². The van der Waals surface area contributed by atoms with Crippen LogP contribution in [-0.4, -0.2) is 11.9 Å². The van der Waals surface area contributed by atoms with Gasteiger partial charge >= 0.3 is 11.9 Å². The quantitative estimate of drug-likeness (QED) is 0.506. The molecule has 3 aromatic carbocycles. The molecule has 0 heterocycles. The van der Waals surface area contributed by atoms with Crippen molar-refractivity contribution in [3.8, 4) is 11.5 Å². The Bertz CT molecular complexity index is 850. The summed E-state index contributed by atoms with van der Waals surface area (Å²) >= 11 is 0. The average Bonchev–Trinajstić information content (AvgIpc) is 2.63. The first-order valence-electron chi connectivity index (χ1n) is 8.19. The molecule has 0 bridgehead atoms. The monoisotopic (exact) mass is 346 g/mol. The third kappa shape index (κ3) is 4.36. The second kappa shape index (κ2) is 7.66. The molecular formula is C22H18O4. The number of aryl methyl sites for hydroxylation is 2. The van der Waals surface area contributed by atoms with E-state index < -0.39 is 11.9 Å². The van der Waals surface area contributed by atoms with Crippen LogP contribution in [0.15, 0.2) is 72.8 Å². The molecule has 0 aliphatic carbocycles. The molecule has 0 aliphatic rings. The average molecular weight is 346 g/mol. The van der Waals surface area contributed by atoms with Crippen LogP contribution in [0.1, 0.15) is 31.8 Å². The largest absolute Gasteiger partial charge is 0.423 e. The molecule has 0 atom stereocenters. The predicted molar refractivity (Wildman–Crippen MR) is 98.7 cm³/mol. The number of hydrogen-bond donors (Lipinski definition) is 0. The standard InChI is InChI=1S/C22H18O4/c1-15-6-10-17(11-7-15)21(23)25-19-4-3-5-20(14-19)26-22(24)18-12-8-16(2)9-13-18/h3-14H,1-2H3. The number of carbonyl (C=O) groups is 2. The first kappa shape index (κ1) is 17.4. The Morgan fingerprint density at radius 1 is 0.615 bits per heavy atom. The van der Waals surface area contributed by atoms with Gasteiger partial charge in [-0.05, 0) is 50.2 Å². The van der Waals surface area contributed by atoms with Crippen LogP contribution in [0, 0.1) is 13.8 Å². The number of rotatable bonds is 4. The Hall–Kier alpha value is -3.40. The Morgan fingerprint density at radius 2 is 1.00 bits per heavy atom. The summed E-state index contributed by atoms with van der Waals surface area (Å²) in [5.74, 6) is -0.311. The summed E-state index contributed by atoms with van der Waals surface area (Å²) in [4.78, 5) is 24.4. The Morgan fingerprint density at radius 3 is 1.38 bits per heavy atom. The molecule has 0 saturated heterocycles. The highest BCUT2D eigenvalue weighted by Gasteiger charge is 2.11. The highest BCUT2D eigenvalue weighted by atomic mass is 16.5. The number of benzene rings is 3. The molecule has 0 saturated carbocycles. The van der Waals surface area contributed by atoms with Crippen molar-refractivity contribution in [3.05, 3.63) is 95.1 Å². The van der Waals surface area contributed by atoms with Crippen molar-refractivity contribution in [1.82, 2.24) is 0 Å². The van der Waals surface area contributed by atoms with Gasteiger partial charge in [0.2, 0.25) is 0 Å². The lowest BCUT2D eigenvalue weighted by atomic mass is 10.1. The van der Waals surface area contributed by atoms with E-state index >= 15 is 0 Å². The smallest absolute Gasteiger partial charge is 0.343 e. The van der Waals surface area contributed by atoms with E-state index in [2.05, 4.69) is 0 Å². The molecule has 0 aromatic heterocycles. The number of ether oxygens (including phenoxy) is 2. The van der Waals surface area contributed by atoms with E-state index in [0.717, 1.165) is 11.1 Å². The van der Waals surface area contributed by atoms with E-state index in [1.165, 1.54) is 6.07 Å². The van der Waals surface area contributed by atoms with Gasteiger partial charge in [0.15, 0.2) is 0 Å². The zero-order valence-electron chi connectivity index (χ0n) is 14.6. The molecule has 0 spiro atoms. The molecule has 3 rings (SSSR count). The van der Waals surface area contributed by atoms with Crippen LogP contribution in [0.2, 0.25) is 0 Å². The van der Waals surface area contributed by atoms with E-state index in [4.69, 9.17) is 9.47 Å². The molecule has 0 radical (unpaired) electrons. The molecule has 4 nitrogen and oxygen atoms in total. The van der Waals surface area contributed by atoms with Crippen LogP contribution >= 0.6 is 0 Å². The summed E-state index contributed by atoms with van der Waals surface area (Å²) in [6.45, 7) is 3.89. The fraction of sp³-hybridized carbons (Fsp3) is 0.0909.